The fraction of sp³-hybridized carbons (Fsp3) is 0.400. The van der Waals surface area contributed by atoms with E-state index in [1.807, 2.05) is 0 Å². The van der Waals surface area contributed by atoms with Crippen molar-refractivity contribution in [3.63, 3.8) is 0 Å². The van der Waals surface area contributed by atoms with Crippen molar-refractivity contribution in [2.24, 2.45) is 16.6 Å². The molecular formula is C15H17N3O2. The molecule has 1 aromatic carbocycles. The van der Waals surface area contributed by atoms with E-state index in [0.717, 1.165) is 17.7 Å². The van der Waals surface area contributed by atoms with Crippen LogP contribution in [0.3, 0.4) is 0 Å². The van der Waals surface area contributed by atoms with Gasteiger partial charge in [0.1, 0.15) is 5.84 Å². The average Bonchev–Trinajstić information content (AvgIpc) is 3.04. The number of amidine groups is 1. The molecule has 1 saturated carbocycles. The van der Waals surface area contributed by atoms with Crippen LogP contribution < -0.4 is 5.73 Å². The van der Waals surface area contributed by atoms with Crippen molar-refractivity contribution in [2.75, 3.05) is 7.05 Å². The van der Waals surface area contributed by atoms with E-state index in [4.69, 9.17) is 5.73 Å². The maximum Gasteiger partial charge on any atom is 0.261 e. The lowest BCUT2D eigenvalue weighted by Crippen LogP contribution is -2.24. The van der Waals surface area contributed by atoms with Crippen LogP contribution in [0.25, 0.3) is 0 Å². The van der Waals surface area contributed by atoms with Gasteiger partial charge in [-0.1, -0.05) is 12.8 Å². The Balaban J connectivity index is 1.92. The number of nitrogens with two attached hydrogens (primary N) is 1. The van der Waals surface area contributed by atoms with Gasteiger partial charge in [0.15, 0.2) is 0 Å². The number of carbonyl (C=O) groups is 2. The van der Waals surface area contributed by atoms with Gasteiger partial charge < -0.3 is 5.73 Å². The van der Waals surface area contributed by atoms with Gasteiger partial charge in [-0.3, -0.25) is 14.5 Å². The zero-order valence-corrected chi connectivity index (χ0v) is 11.4. The highest BCUT2D eigenvalue weighted by Crippen LogP contribution is 2.28. The van der Waals surface area contributed by atoms with Gasteiger partial charge in [0.25, 0.3) is 11.8 Å². The molecule has 0 bridgehead atoms. The molecule has 1 aliphatic carbocycles. The third-order valence-electron chi connectivity index (χ3n) is 4.10. The molecule has 1 aromatic rings. The van der Waals surface area contributed by atoms with Gasteiger partial charge in [-0.2, -0.15) is 0 Å². The summed E-state index contributed by atoms with van der Waals surface area (Å²) in [7, 11) is 1.49. The van der Waals surface area contributed by atoms with Crippen LogP contribution in [0, 0.1) is 5.92 Å². The summed E-state index contributed by atoms with van der Waals surface area (Å²) in [6, 6.07) is 5.05. The molecule has 5 nitrogen and oxygen atoms in total. The zero-order valence-electron chi connectivity index (χ0n) is 11.4. The SMILES string of the molecule is CN1C(=O)c2ccc(N=C(N)C3CCCC3)cc2C1=O. The highest BCUT2D eigenvalue weighted by atomic mass is 16.2. The van der Waals surface area contributed by atoms with Crippen molar-refractivity contribution in [1.29, 1.82) is 0 Å². The van der Waals surface area contributed by atoms with E-state index in [0.29, 0.717) is 28.6 Å². The van der Waals surface area contributed by atoms with Crippen molar-refractivity contribution in [3.05, 3.63) is 29.3 Å². The Morgan fingerprint density at radius 3 is 2.55 bits per heavy atom. The predicted octanol–water partition coefficient (Wildman–Crippen LogP) is 2.09. The lowest BCUT2D eigenvalue weighted by atomic mass is 10.1. The number of amides is 2. The first-order valence-electron chi connectivity index (χ1n) is 6.88. The van der Waals surface area contributed by atoms with E-state index < -0.39 is 0 Å². The summed E-state index contributed by atoms with van der Waals surface area (Å²) in [5.41, 5.74) is 7.53. The van der Waals surface area contributed by atoms with Crippen LogP contribution in [0.5, 0.6) is 0 Å². The molecule has 3 rings (SSSR count). The number of aliphatic imine (C=N–C) groups is 1. The molecule has 0 unspecified atom stereocenters. The second kappa shape index (κ2) is 4.74. The predicted molar refractivity (Wildman–Crippen MR) is 76.1 cm³/mol. The number of hydrogen-bond donors (Lipinski definition) is 1. The monoisotopic (exact) mass is 271 g/mol. The van der Waals surface area contributed by atoms with Crippen LogP contribution in [0.1, 0.15) is 46.4 Å². The summed E-state index contributed by atoms with van der Waals surface area (Å²) in [4.78, 5) is 29.3. The average molecular weight is 271 g/mol. The van der Waals surface area contributed by atoms with E-state index in [2.05, 4.69) is 4.99 Å². The van der Waals surface area contributed by atoms with E-state index >= 15 is 0 Å². The molecule has 5 heteroatoms. The largest absolute Gasteiger partial charge is 0.387 e. The molecule has 1 fully saturated rings. The summed E-state index contributed by atoms with van der Waals surface area (Å²) in [5.74, 6) is 0.446. The molecule has 0 radical (unpaired) electrons. The van der Waals surface area contributed by atoms with E-state index in [1.54, 1.807) is 18.2 Å². The van der Waals surface area contributed by atoms with Gasteiger partial charge in [-0.15, -0.1) is 0 Å². The van der Waals surface area contributed by atoms with E-state index in [9.17, 15) is 9.59 Å². The number of fused-ring (bicyclic) bond motifs is 1. The molecule has 2 aliphatic rings. The second-order valence-corrected chi connectivity index (χ2v) is 5.42. The summed E-state index contributed by atoms with van der Waals surface area (Å²) in [6.45, 7) is 0. The minimum atomic E-state index is -0.276. The first-order chi connectivity index (χ1) is 9.58. The smallest absolute Gasteiger partial charge is 0.261 e. The maximum atomic E-state index is 11.9. The molecule has 2 amide bonds. The highest BCUT2D eigenvalue weighted by Gasteiger charge is 2.32. The number of carbonyl (C=O) groups excluding carboxylic acids is 2. The van der Waals surface area contributed by atoms with Gasteiger partial charge in [-0.05, 0) is 31.0 Å². The minimum absolute atomic E-state index is 0.260. The van der Waals surface area contributed by atoms with Crippen molar-refractivity contribution < 1.29 is 9.59 Å². The Morgan fingerprint density at radius 1 is 1.20 bits per heavy atom. The van der Waals surface area contributed by atoms with Crippen LogP contribution in [-0.4, -0.2) is 29.6 Å². The summed E-state index contributed by atoms with van der Waals surface area (Å²) in [5, 5.41) is 0. The first-order valence-corrected chi connectivity index (χ1v) is 6.88. The third kappa shape index (κ3) is 1.99. The fourth-order valence-corrected chi connectivity index (χ4v) is 2.88. The van der Waals surface area contributed by atoms with E-state index in [-0.39, 0.29) is 11.8 Å². The first kappa shape index (κ1) is 12.8. The Bertz CT molecular complexity index is 616. The molecule has 0 aromatic heterocycles. The highest BCUT2D eigenvalue weighted by molar-refractivity contribution is 6.21. The molecule has 1 aliphatic heterocycles. The molecule has 0 spiro atoms. The second-order valence-electron chi connectivity index (χ2n) is 5.42. The van der Waals surface area contributed by atoms with Crippen molar-refractivity contribution in [1.82, 2.24) is 4.90 Å². The van der Waals surface area contributed by atoms with Crippen LogP contribution in [-0.2, 0) is 0 Å². The Labute approximate surface area is 117 Å². The lowest BCUT2D eigenvalue weighted by molar-refractivity contribution is 0.0693. The van der Waals surface area contributed by atoms with Gasteiger partial charge in [0, 0.05) is 13.0 Å². The quantitative estimate of drug-likeness (QED) is 0.508. The summed E-state index contributed by atoms with van der Waals surface area (Å²) < 4.78 is 0. The molecule has 20 heavy (non-hydrogen) atoms. The normalized spacial score (nSPS) is 19.9. The summed E-state index contributed by atoms with van der Waals surface area (Å²) >= 11 is 0. The zero-order chi connectivity index (χ0) is 14.3. The lowest BCUT2D eigenvalue weighted by Gasteiger charge is -2.08. The van der Waals surface area contributed by atoms with Crippen molar-refractivity contribution in [2.45, 2.75) is 25.7 Å². The van der Waals surface area contributed by atoms with Crippen molar-refractivity contribution >= 4 is 23.3 Å². The van der Waals surface area contributed by atoms with Gasteiger partial charge in [0.2, 0.25) is 0 Å². The van der Waals surface area contributed by atoms with Gasteiger partial charge in [-0.25, -0.2) is 4.99 Å². The molecular weight excluding hydrogens is 254 g/mol. The van der Waals surface area contributed by atoms with Gasteiger partial charge in [0.05, 0.1) is 16.8 Å². The molecule has 2 N–H and O–H groups in total. The number of nitrogens with zero attached hydrogens (tertiary/aromatic N) is 2. The maximum absolute atomic E-state index is 11.9. The number of benzene rings is 1. The van der Waals surface area contributed by atoms with Crippen LogP contribution in [0.2, 0.25) is 0 Å². The Kier molecular flexibility index (Phi) is 3.04. The number of hydrogen-bond acceptors (Lipinski definition) is 3. The number of imide groups is 1. The van der Waals surface area contributed by atoms with Crippen LogP contribution in [0.4, 0.5) is 5.69 Å². The summed E-state index contributed by atoms with van der Waals surface area (Å²) in [6.07, 6.45) is 4.56. The third-order valence-corrected chi connectivity index (χ3v) is 4.10. The topological polar surface area (TPSA) is 75.8 Å². The van der Waals surface area contributed by atoms with Crippen molar-refractivity contribution in [3.8, 4) is 0 Å². The Morgan fingerprint density at radius 2 is 1.85 bits per heavy atom. The molecule has 0 atom stereocenters. The van der Waals surface area contributed by atoms with E-state index in [1.165, 1.54) is 19.9 Å². The fourth-order valence-electron chi connectivity index (χ4n) is 2.88. The molecule has 1 heterocycles. The minimum Gasteiger partial charge on any atom is -0.387 e. The molecule has 104 valence electrons. The standard InChI is InChI=1S/C15H17N3O2/c1-18-14(19)11-7-6-10(8-12(11)15(18)20)17-13(16)9-4-2-3-5-9/h6-9H,2-5H2,1H3,(H2,16,17). The molecule has 0 saturated heterocycles. The van der Waals surface area contributed by atoms with Gasteiger partial charge >= 0.3 is 0 Å². The van der Waals surface area contributed by atoms with Crippen LogP contribution >= 0.6 is 0 Å². The number of rotatable bonds is 2. The Hall–Kier alpha value is -2.17. The van der Waals surface area contributed by atoms with Crippen LogP contribution in [0.15, 0.2) is 23.2 Å².